The lowest BCUT2D eigenvalue weighted by Gasteiger charge is -1.94. The normalized spacial score (nSPS) is 9.70. The molecule has 6 heteroatoms. The van der Waals surface area contributed by atoms with E-state index in [4.69, 9.17) is 5.73 Å². The Kier molecular flexibility index (Phi) is 1.91. The summed E-state index contributed by atoms with van der Waals surface area (Å²) < 4.78 is 1.05. The molecule has 1 aromatic heterocycles. The van der Waals surface area contributed by atoms with Crippen LogP contribution in [0, 0.1) is 0 Å². The summed E-state index contributed by atoms with van der Waals surface area (Å²) in [6, 6.07) is -0.609. The summed E-state index contributed by atoms with van der Waals surface area (Å²) in [5, 5.41) is 4.10. The number of hydrogen-bond acceptors (Lipinski definition) is 4. The fourth-order valence-corrected chi connectivity index (χ4v) is 0.984. The number of nitrogens with two attached hydrogens (primary N) is 1. The molecule has 0 aliphatic rings. The Balaban J connectivity index is 3.01. The molecule has 2 N–H and O–H groups in total. The van der Waals surface area contributed by atoms with Crippen LogP contribution in [0.4, 0.5) is 4.79 Å². The van der Waals surface area contributed by atoms with Crippen molar-refractivity contribution in [1.29, 1.82) is 0 Å². The zero-order valence-corrected chi connectivity index (χ0v) is 6.13. The molecule has 0 fully saturated rings. The average Bonchev–Trinajstić information content (AvgIpc) is 2.33. The van der Waals surface area contributed by atoms with Gasteiger partial charge in [-0.15, -0.1) is 5.10 Å². The number of aromatic nitrogens is 3. The third kappa shape index (κ3) is 1.10. The quantitative estimate of drug-likeness (QED) is 0.580. The molecule has 0 atom stereocenters. The van der Waals surface area contributed by atoms with Gasteiger partial charge < -0.3 is 5.73 Å². The lowest BCUT2D eigenvalue weighted by Crippen LogP contribution is -2.21. The number of thioether (sulfide) groups is 1. The summed E-state index contributed by atoms with van der Waals surface area (Å²) in [5.74, 6) is 0. The maximum atomic E-state index is 10.5. The van der Waals surface area contributed by atoms with Crippen LogP contribution in [0.2, 0.25) is 0 Å². The van der Waals surface area contributed by atoms with Crippen molar-refractivity contribution >= 4 is 17.8 Å². The van der Waals surface area contributed by atoms with Gasteiger partial charge in [-0.1, -0.05) is 11.8 Å². The number of carbonyl (C=O) groups excluding carboxylic acids is 1. The molecule has 0 saturated heterocycles. The number of primary amides is 1. The first-order valence-corrected chi connectivity index (χ1v) is 3.72. The third-order valence-electron chi connectivity index (χ3n) is 0.908. The van der Waals surface area contributed by atoms with E-state index in [1.165, 1.54) is 18.1 Å². The van der Waals surface area contributed by atoms with Crippen LogP contribution in [-0.4, -0.2) is 27.1 Å². The predicted octanol–water partition coefficient (Wildman–Crippen LogP) is -0.0732. The van der Waals surface area contributed by atoms with Crippen molar-refractivity contribution in [3.05, 3.63) is 6.33 Å². The number of nitrogens with zero attached hydrogens (tertiary/aromatic N) is 3. The molecule has 1 heterocycles. The Hall–Kier alpha value is -1.04. The minimum absolute atomic E-state index is 0.507. The van der Waals surface area contributed by atoms with E-state index in [2.05, 4.69) is 10.1 Å². The molecular weight excluding hydrogens is 152 g/mol. The van der Waals surface area contributed by atoms with Crippen LogP contribution >= 0.6 is 11.8 Å². The van der Waals surface area contributed by atoms with E-state index in [1.54, 1.807) is 6.26 Å². The SMILES string of the molecule is CSc1ncnn1C(N)=O. The number of hydrogen-bond donors (Lipinski definition) is 1. The van der Waals surface area contributed by atoms with Crippen molar-refractivity contribution in [1.82, 2.24) is 14.8 Å². The van der Waals surface area contributed by atoms with Gasteiger partial charge in [0.05, 0.1) is 0 Å². The van der Waals surface area contributed by atoms with Gasteiger partial charge in [0.25, 0.3) is 0 Å². The van der Waals surface area contributed by atoms with Crippen molar-refractivity contribution in [2.75, 3.05) is 6.26 Å². The van der Waals surface area contributed by atoms with E-state index in [0.717, 1.165) is 4.68 Å². The van der Waals surface area contributed by atoms with Crippen LogP contribution in [0.5, 0.6) is 0 Å². The summed E-state index contributed by atoms with van der Waals surface area (Å²) in [6.07, 6.45) is 3.08. The van der Waals surface area contributed by atoms with Crippen molar-refractivity contribution in [2.24, 2.45) is 5.73 Å². The monoisotopic (exact) mass is 158 g/mol. The van der Waals surface area contributed by atoms with Crippen LogP contribution in [0.25, 0.3) is 0 Å². The molecule has 0 aliphatic carbocycles. The molecule has 0 saturated carbocycles. The summed E-state index contributed by atoms with van der Waals surface area (Å²) in [6.45, 7) is 0. The van der Waals surface area contributed by atoms with Crippen LogP contribution < -0.4 is 5.73 Å². The van der Waals surface area contributed by atoms with Gasteiger partial charge in [0, 0.05) is 0 Å². The lowest BCUT2D eigenvalue weighted by atomic mass is 11.0. The maximum absolute atomic E-state index is 10.5. The molecule has 1 aromatic rings. The number of amides is 1. The highest BCUT2D eigenvalue weighted by Crippen LogP contribution is 2.07. The molecule has 0 aliphatic heterocycles. The highest BCUT2D eigenvalue weighted by Gasteiger charge is 2.05. The Labute approximate surface area is 61.6 Å². The van der Waals surface area contributed by atoms with Gasteiger partial charge in [0.15, 0.2) is 5.16 Å². The van der Waals surface area contributed by atoms with Crippen LogP contribution in [0.1, 0.15) is 0 Å². The van der Waals surface area contributed by atoms with Gasteiger partial charge in [-0.2, -0.15) is 4.68 Å². The highest BCUT2D eigenvalue weighted by molar-refractivity contribution is 7.98. The first-order chi connectivity index (χ1) is 4.75. The van der Waals surface area contributed by atoms with Gasteiger partial charge >= 0.3 is 6.03 Å². The molecule has 5 nitrogen and oxygen atoms in total. The largest absolute Gasteiger partial charge is 0.350 e. The number of rotatable bonds is 1. The molecular formula is C4H6N4OS. The summed E-state index contributed by atoms with van der Waals surface area (Å²) >= 11 is 1.32. The Morgan fingerprint density at radius 1 is 1.90 bits per heavy atom. The second kappa shape index (κ2) is 2.70. The molecule has 1 amide bonds. The van der Waals surface area contributed by atoms with Gasteiger partial charge in [-0.05, 0) is 6.26 Å². The van der Waals surface area contributed by atoms with E-state index in [0.29, 0.717) is 5.16 Å². The van der Waals surface area contributed by atoms with Crippen LogP contribution in [-0.2, 0) is 0 Å². The zero-order chi connectivity index (χ0) is 7.56. The molecule has 10 heavy (non-hydrogen) atoms. The van der Waals surface area contributed by atoms with E-state index >= 15 is 0 Å². The third-order valence-corrected chi connectivity index (χ3v) is 1.55. The van der Waals surface area contributed by atoms with Crippen LogP contribution in [0.3, 0.4) is 0 Å². The first kappa shape index (κ1) is 7.07. The topological polar surface area (TPSA) is 73.8 Å². The minimum atomic E-state index is -0.609. The molecule has 0 aromatic carbocycles. The van der Waals surface area contributed by atoms with Crippen molar-refractivity contribution in [2.45, 2.75) is 5.16 Å². The highest BCUT2D eigenvalue weighted by atomic mass is 32.2. The first-order valence-electron chi connectivity index (χ1n) is 2.49. The van der Waals surface area contributed by atoms with E-state index in [9.17, 15) is 4.79 Å². The zero-order valence-electron chi connectivity index (χ0n) is 5.31. The lowest BCUT2D eigenvalue weighted by molar-refractivity contribution is 0.245. The summed E-state index contributed by atoms with van der Waals surface area (Å²) in [7, 11) is 0. The molecule has 0 radical (unpaired) electrons. The van der Waals surface area contributed by atoms with Crippen molar-refractivity contribution in [3.63, 3.8) is 0 Å². The average molecular weight is 158 g/mol. The number of carbonyl (C=O) groups is 1. The fourth-order valence-electron chi connectivity index (χ4n) is 0.521. The molecule has 0 spiro atoms. The fraction of sp³-hybridized carbons (Fsp3) is 0.250. The van der Waals surface area contributed by atoms with Crippen molar-refractivity contribution < 1.29 is 4.79 Å². The standard InChI is InChI=1S/C4H6N4OS/c1-10-4-6-2-7-8(4)3(5)9/h2H,1H3,(H2,5,9). The van der Waals surface area contributed by atoms with Crippen molar-refractivity contribution in [3.8, 4) is 0 Å². The molecule has 54 valence electrons. The molecule has 0 bridgehead atoms. The van der Waals surface area contributed by atoms with Gasteiger partial charge in [0.1, 0.15) is 6.33 Å². The second-order valence-corrected chi connectivity index (χ2v) is 2.27. The molecule has 1 rings (SSSR count). The van der Waals surface area contributed by atoms with Gasteiger partial charge in [-0.25, -0.2) is 9.78 Å². The molecule has 0 unspecified atom stereocenters. The minimum Gasteiger partial charge on any atom is -0.350 e. The van der Waals surface area contributed by atoms with E-state index < -0.39 is 6.03 Å². The Bertz CT molecular complexity index is 245. The summed E-state index contributed by atoms with van der Waals surface area (Å²) in [5.41, 5.74) is 4.94. The van der Waals surface area contributed by atoms with E-state index in [-0.39, 0.29) is 0 Å². The van der Waals surface area contributed by atoms with Gasteiger partial charge in [-0.3, -0.25) is 0 Å². The van der Waals surface area contributed by atoms with Gasteiger partial charge in [0.2, 0.25) is 0 Å². The Morgan fingerprint density at radius 3 is 3.00 bits per heavy atom. The maximum Gasteiger partial charge on any atom is 0.341 e. The Morgan fingerprint density at radius 2 is 2.60 bits per heavy atom. The smallest absolute Gasteiger partial charge is 0.341 e. The second-order valence-electron chi connectivity index (χ2n) is 1.50. The predicted molar refractivity (Wildman–Crippen MR) is 36.8 cm³/mol. The summed E-state index contributed by atoms with van der Waals surface area (Å²) in [4.78, 5) is 14.3. The van der Waals surface area contributed by atoms with E-state index in [1.807, 2.05) is 0 Å². The van der Waals surface area contributed by atoms with Crippen LogP contribution in [0.15, 0.2) is 11.5 Å².